The third kappa shape index (κ3) is 4.92. The number of aromatic amines is 1. The van der Waals surface area contributed by atoms with Crippen LogP contribution in [0.15, 0.2) is 42.9 Å². The van der Waals surface area contributed by atoms with E-state index in [9.17, 15) is 4.79 Å². The molecule has 3 aliphatic heterocycles. The van der Waals surface area contributed by atoms with E-state index < -0.39 is 6.04 Å². The van der Waals surface area contributed by atoms with Crippen LogP contribution in [-0.2, 0) is 11.2 Å². The number of likely N-dealkylation sites (tertiary alicyclic amines) is 1. The van der Waals surface area contributed by atoms with Gasteiger partial charge in [0.2, 0.25) is 5.91 Å². The van der Waals surface area contributed by atoms with Crippen molar-refractivity contribution in [1.82, 2.24) is 19.8 Å². The summed E-state index contributed by atoms with van der Waals surface area (Å²) in [6.45, 7) is 2.80. The van der Waals surface area contributed by atoms with E-state index in [2.05, 4.69) is 50.1 Å². The molecule has 31 heavy (non-hydrogen) atoms. The van der Waals surface area contributed by atoms with Crippen LogP contribution in [0.5, 0.6) is 0 Å². The molecule has 5 rings (SSSR count). The summed E-state index contributed by atoms with van der Waals surface area (Å²) in [4.78, 5) is 25.0. The van der Waals surface area contributed by atoms with Crippen LogP contribution in [0.2, 0.25) is 0 Å². The number of amides is 1. The lowest BCUT2D eigenvalue weighted by Crippen LogP contribution is -2.61. The van der Waals surface area contributed by atoms with Crippen molar-refractivity contribution in [3.63, 3.8) is 0 Å². The molecule has 3 saturated heterocycles. The third-order valence-electron chi connectivity index (χ3n) is 7.19. The molecule has 2 aromatic rings. The van der Waals surface area contributed by atoms with Crippen LogP contribution in [0.3, 0.4) is 0 Å². The van der Waals surface area contributed by atoms with Gasteiger partial charge in [-0.25, -0.2) is 4.98 Å². The first-order chi connectivity index (χ1) is 14.2. The van der Waals surface area contributed by atoms with Gasteiger partial charge in [-0.1, -0.05) is 30.3 Å². The Labute approximate surface area is 196 Å². The fourth-order valence-corrected chi connectivity index (χ4v) is 5.98. The van der Waals surface area contributed by atoms with Gasteiger partial charge in [0.1, 0.15) is 0 Å². The molecule has 170 valence electrons. The molecular formula is C23H33Cl2N5O. The average Bonchev–Trinajstić information content (AvgIpc) is 3.26. The Hall–Kier alpha value is -1.60. The van der Waals surface area contributed by atoms with Crippen LogP contribution in [0, 0.1) is 11.8 Å². The number of fused-ring (bicyclic) bond motifs is 4. The molecule has 3 fully saturated rings. The molecule has 0 radical (unpaired) electrons. The molecule has 6 nitrogen and oxygen atoms in total. The molecule has 3 aliphatic rings. The minimum atomic E-state index is -0.492. The number of piperidine rings is 3. The maximum absolute atomic E-state index is 13.1. The van der Waals surface area contributed by atoms with E-state index in [0.717, 1.165) is 25.3 Å². The van der Waals surface area contributed by atoms with Gasteiger partial charge in [-0.2, -0.15) is 0 Å². The highest BCUT2D eigenvalue weighted by atomic mass is 35.5. The summed E-state index contributed by atoms with van der Waals surface area (Å²) >= 11 is 0. The van der Waals surface area contributed by atoms with Crippen molar-refractivity contribution in [2.45, 2.75) is 50.2 Å². The van der Waals surface area contributed by atoms with Gasteiger partial charge in [0.25, 0.3) is 0 Å². The molecule has 0 aliphatic carbocycles. The molecule has 3 N–H and O–H groups in total. The van der Waals surface area contributed by atoms with Crippen molar-refractivity contribution < 1.29 is 4.79 Å². The van der Waals surface area contributed by atoms with E-state index >= 15 is 0 Å². The molecule has 8 heteroatoms. The lowest BCUT2D eigenvalue weighted by molar-refractivity contribution is -0.140. The van der Waals surface area contributed by atoms with Crippen LogP contribution in [-0.4, -0.2) is 57.4 Å². The highest BCUT2D eigenvalue weighted by Gasteiger charge is 2.46. The SMILES string of the molecule is Cl.Cl.N[C@@H](Cc1cnc[nH]1)C(=O)N1C[C@@H]2C[C@H](C1)[C@@H]1CCC[C@H](c3ccccc3)N1C2. The second kappa shape index (κ2) is 10.3. The van der Waals surface area contributed by atoms with E-state index in [1.807, 2.05) is 0 Å². The predicted molar refractivity (Wildman–Crippen MR) is 126 cm³/mol. The van der Waals surface area contributed by atoms with Crippen molar-refractivity contribution in [3.8, 4) is 0 Å². The maximum Gasteiger partial charge on any atom is 0.239 e. The molecule has 0 spiro atoms. The number of aromatic nitrogens is 2. The van der Waals surface area contributed by atoms with E-state index in [4.69, 9.17) is 5.73 Å². The minimum absolute atomic E-state index is 0. The number of H-pyrrole nitrogens is 1. The van der Waals surface area contributed by atoms with Gasteiger partial charge in [0.05, 0.1) is 12.4 Å². The molecule has 5 atom stereocenters. The summed E-state index contributed by atoms with van der Waals surface area (Å²) in [5.74, 6) is 1.22. The first-order valence-corrected chi connectivity index (χ1v) is 11.0. The summed E-state index contributed by atoms with van der Waals surface area (Å²) in [5, 5.41) is 0. The second-order valence-corrected chi connectivity index (χ2v) is 9.11. The Morgan fingerprint density at radius 3 is 2.71 bits per heavy atom. The lowest BCUT2D eigenvalue weighted by atomic mass is 9.73. The third-order valence-corrected chi connectivity index (χ3v) is 7.19. The maximum atomic E-state index is 13.1. The zero-order valence-electron chi connectivity index (χ0n) is 17.7. The number of rotatable bonds is 4. The average molecular weight is 466 g/mol. The fourth-order valence-electron chi connectivity index (χ4n) is 5.98. The number of hydrogen-bond acceptors (Lipinski definition) is 4. The van der Waals surface area contributed by atoms with Crippen molar-refractivity contribution in [2.75, 3.05) is 19.6 Å². The zero-order chi connectivity index (χ0) is 19.8. The van der Waals surface area contributed by atoms with E-state index in [1.165, 1.54) is 31.2 Å². The van der Waals surface area contributed by atoms with Crippen LogP contribution in [0.1, 0.15) is 43.0 Å². The first kappa shape index (κ1) is 24.1. The van der Waals surface area contributed by atoms with Gasteiger partial charge >= 0.3 is 0 Å². The molecule has 1 aromatic heterocycles. The lowest BCUT2D eigenvalue weighted by Gasteiger charge is -2.55. The monoisotopic (exact) mass is 465 g/mol. The van der Waals surface area contributed by atoms with Gasteiger partial charge in [0.15, 0.2) is 0 Å². The number of nitrogens with zero attached hydrogens (tertiary/aromatic N) is 3. The van der Waals surface area contributed by atoms with Crippen molar-refractivity contribution in [1.29, 1.82) is 0 Å². The largest absolute Gasteiger partial charge is 0.348 e. The van der Waals surface area contributed by atoms with Crippen molar-refractivity contribution >= 4 is 30.7 Å². The molecule has 0 unspecified atom stereocenters. The quantitative estimate of drug-likeness (QED) is 0.726. The summed E-state index contributed by atoms with van der Waals surface area (Å²) in [6.07, 6.45) is 8.94. The summed E-state index contributed by atoms with van der Waals surface area (Å²) in [5.41, 5.74) is 8.64. The fraction of sp³-hybridized carbons (Fsp3) is 0.565. The van der Waals surface area contributed by atoms with Crippen LogP contribution in [0.4, 0.5) is 0 Å². The molecule has 1 amide bonds. The number of nitrogens with two attached hydrogens (primary N) is 1. The first-order valence-electron chi connectivity index (χ1n) is 11.0. The van der Waals surface area contributed by atoms with Crippen LogP contribution >= 0.6 is 24.8 Å². The van der Waals surface area contributed by atoms with Crippen molar-refractivity contribution in [3.05, 3.63) is 54.1 Å². The van der Waals surface area contributed by atoms with Gasteiger partial charge in [-0.15, -0.1) is 24.8 Å². The number of carbonyl (C=O) groups excluding carboxylic acids is 1. The van der Waals surface area contributed by atoms with Gasteiger partial charge < -0.3 is 15.6 Å². The Kier molecular flexibility index (Phi) is 8.03. The van der Waals surface area contributed by atoms with Gasteiger partial charge in [-0.3, -0.25) is 9.69 Å². The normalized spacial score (nSPS) is 28.6. The molecule has 0 saturated carbocycles. The van der Waals surface area contributed by atoms with Crippen molar-refractivity contribution in [2.24, 2.45) is 17.6 Å². The molecular weight excluding hydrogens is 433 g/mol. The number of carbonyl (C=O) groups is 1. The number of benzene rings is 1. The summed E-state index contributed by atoms with van der Waals surface area (Å²) in [6, 6.07) is 11.6. The summed E-state index contributed by atoms with van der Waals surface area (Å²) < 4.78 is 0. The van der Waals surface area contributed by atoms with E-state index in [-0.39, 0.29) is 30.7 Å². The van der Waals surface area contributed by atoms with Gasteiger partial charge in [-0.05, 0) is 43.1 Å². The standard InChI is InChI=1S/C23H31N5O.2ClH/c24-20(10-19-11-25-15-26-19)23(29)27-12-16-9-18(14-27)22-8-4-7-21(28(22)13-16)17-5-2-1-3-6-17;;/h1-3,5-6,11,15-16,18,20-22H,4,7-10,12-14,24H2,(H,25,26);2*1H/t16-,18+,20-,21+,22-;;/m0../s1. The van der Waals surface area contributed by atoms with E-state index in [0.29, 0.717) is 30.3 Å². The summed E-state index contributed by atoms with van der Waals surface area (Å²) in [7, 11) is 0. The van der Waals surface area contributed by atoms with Crippen LogP contribution in [0.25, 0.3) is 0 Å². The number of imidazole rings is 1. The Morgan fingerprint density at radius 2 is 1.97 bits per heavy atom. The van der Waals surface area contributed by atoms with Gasteiger partial charge in [0, 0.05) is 50.0 Å². The smallest absolute Gasteiger partial charge is 0.239 e. The second-order valence-electron chi connectivity index (χ2n) is 9.11. The highest BCUT2D eigenvalue weighted by molar-refractivity contribution is 5.85. The molecule has 4 heterocycles. The Bertz CT molecular complexity index is 834. The minimum Gasteiger partial charge on any atom is -0.348 e. The Morgan fingerprint density at radius 1 is 1.16 bits per heavy atom. The van der Waals surface area contributed by atoms with E-state index in [1.54, 1.807) is 12.5 Å². The number of nitrogens with one attached hydrogen (secondary N) is 1. The topological polar surface area (TPSA) is 78.2 Å². The molecule has 1 aromatic carbocycles. The Balaban J connectivity index is 0.00000136. The zero-order valence-corrected chi connectivity index (χ0v) is 19.4. The van der Waals surface area contributed by atoms with Crippen LogP contribution < -0.4 is 5.73 Å². The molecule has 2 bridgehead atoms. The predicted octanol–water partition coefficient (Wildman–Crippen LogP) is 3.20. The number of hydrogen-bond donors (Lipinski definition) is 2. The highest BCUT2D eigenvalue weighted by Crippen LogP contribution is 2.44. The number of halogens is 2.